The summed E-state index contributed by atoms with van der Waals surface area (Å²) in [7, 11) is 0. The van der Waals surface area contributed by atoms with Gasteiger partial charge in [-0.3, -0.25) is 9.59 Å². The maximum Gasteiger partial charge on any atom is 0.252 e. The summed E-state index contributed by atoms with van der Waals surface area (Å²) in [6, 6.07) is 7.94. The maximum atomic E-state index is 12.9. The average molecular weight is 369 g/mol. The van der Waals surface area contributed by atoms with E-state index in [1.807, 2.05) is 25.1 Å². The first kappa shape index (κ1) is 18.2. The molecule has 2 aliphatic rings. The van der Waals surface area contributed by atoms with Crippen LogP contribution >= 0.6 is 0 Å². The quantitative estimate of drug-likeness (QED) is 0.870. The first-order chi connectivity index (χ1) is 13.1. The second kappa shape index (κ2) is 7.82. The summed E-state index contributed by atoms with van der Waals surface area (Å²) in [5.41, 5.74) is 1.98. The second-order valence-electron chi connectivity index (χ2n) is 7.72. The molecule has 2 saturated heterocycles. The van der Waals surface area contributed by atoms with Crippen molar-refractivity contribution in [2.45, 2.75) is 44.7 Å². The molecule has 1 aromatic heterocycles. The third-order valence-electron chi connectivity index (χ3n) is 5.82. The van der Waals surface area contributed by atoms with Crippen LogP contribution in [0.2, 0.25) is 0 Å². The Labute approximate surface area is 158 Å². The highest BCUT2D eigenvalue weighted by Gasteiger charge is 2.27. The monoisotopic (exact) mass is 369 g/mol. The molecule has 2 fully saturated rings. The number of H-pyrrole nitrogens is 1. The zero-order valence-corrected chi connectivity index (χ0v) is 15.8. The van der Waals surface area contributed by atoms with Gasteiger partial charge in [0.05, 0.1) is 5.56 Å². The van der Waals surface area contributed by atoms with Crippen molar-refractivity contribution in [2.75, 3.05) is 26.3 Å². The topological polar surface area (TPSA) is 74.4 Å². The van der Waals surface area contributed by atoms with Crippen LogP contribution in [0.4, 0.5) is 0 Å². The molecule has 2 aliphatic heterocycles. The molecule has 0 bridgehead atoms. The zero-order valence-electron chi connectivity index (χ0n) is 15.8. The molecule has 2 aromatic rings. The molecule has 0 radical (unpaired) electrons. The number of carbonyl (C=O) groups is 1. The number of aromatic amines is 1. The van der Waals surface area contributed by atoms with Gasteiger partial charge in [0.25, 0.3) is 5.91 Å². The van der Waals surface area contributed by atoms with E-state index in [1.165, 1.54) is 6.07 Å². The number of nitrogens with one attached hydrogen (secondary N) is 2. The van der Waals surface area contributed by atoms with Crippen LogP contribution in [0.1, 0.15) is 41.6 Å². The van der Waals surface area contributed by atoms with Crippen LogP contribution in [0, 0.1) is 6.92 Å². The van der Waals surface area contributed by atoms with Crippen molar-refractivity contribution < 1.29 is 9.53 Å². The van der Waals surface area contributed by atoms with E-state index in [0.717, 1.165) is 62.9 Å². The van der Waals surface area contributed by atoms with E-state index in [9.17, 15) is 9.59 Å². The van der Waals surface area contributed by atoms with Gasteiger partial charge in [-0.1, -0.05) is 11.6 Å². The fraction of sp³-hybridized carbons (Fsp3) is 0.524. The predicted molar refractivity (Wildman–Crippen MR) is 105 cm³/mol. The van der Waals surface area contributed by atoms with Crippen LogP contribution in [0.15, 0.2) is 29.1 Å². The number of likely N-dealkylation sites (tertiary alicyclic amines) is 1. The summed E-state index contributed by atoms with van der Waals surface area (Å²) in [4.78, 5) is 30.2. The van der Waals surface area contributed by atoms with Gasteiger partial charge in [0.1, 0.15) is 0 Å². The summed E-state index contributed by atoms with van der Waals surface area (Å²) >= 11 is 0. The minimum absolute atomic E-state index is 0.152. The SMILES string of the molecule is Cc1ccc2[nH]c(=O)cc(C(=O)NC3CCN(C4CCOCC4)CC3)c2c1. The number of hydrogen-bond donors (Lipinski definition) is 2. The van der Waals surface area contributed by atoms with Gasteiger partial charge in [0, 0.05) is 55.4 Å². The highest BCUT2D eigenvalue weighted by molar-refractivity contribution is 6.06. The lowest BCUT2D eigenvalue weighted by atomic mass is 9.99. The third kappa shape index (κ3) is 4.06. The number of rotatable bonds is 3. The van der Waals surface area contributed by atoms with Gasteiger partial charge in [0.15, 0.2) is 0 Å². The molecule has 0 aliphatic carbocycles. The number of fused-ring (bicyclic) bond motifs is 1. The predicted octanol–water partition coefficient (Wildman–Crippen LogP) is 2.21. The molecule has 144 valence electrons. The van der Waals surface area contributed by atoms with E-state index in [-0.39, 0.29) is 17.5 Å². The van der Waals surface area contributed by atoms with Gasteiger partial charge in [0.2, 0.25) is 5.56 Å². The van der Waals surface area contributed by atoms with Crippen molar-refractivity contribution in [1.82, 2.24) is 15.2 Å². The number of carbonyl (C=O) groups excluding carboxylic acids is 1. The van der Waals surface area contributed by atoms with Crippen LogP contribution in [-0.2, 0) is 4.74 Å². The number of benzene rings is 1. The standard InChI is InChI=1S/C21H27N3O3/c1-14-2-3-19-17(12-14)18(13-20(25)23-19)21(26)22-15-4-8-24(9-5-15)16-6-10-27-11-7-16/h2-3,12-13,15-16H,4-11H2,1H3,(H,22,26)(H,23,25). The normalized spacial score (nSPS) is 20.0. The molecular weight excluding hydrogens is 342 g/mol. The van der Waals surface area contributed by atoms with Crippen molar-refractivity contribution in [3.63, 3.8) is 0 Å². The maximum absolute atomic E-state index is 12.9. The van der Waals surface area contributed by atoms with Gasteiger partial charge in [-0.25, -0.2) is 0 Å². The number of piperidine rings is 1. The van der Waals surface area contributed by atoms with Crippen LogP contribution in [0.5, 0.6) is 0 Å². The first-order valence-corrected chi connectivity index (χ1v) is 9.86. The molecule has 1 aromatic carbocycles. The van der Waals surface area contributed by atoms with Crippen LogP contribution in [-0.4, -0.2) is 54.2 Å². The van der Waals surface area contributed by atoms with Crippen LogP contribution in [0.25, 0.3) is 10.9 Å². The summed E-state index contributed by atoms with van der Waals surface area (Å²) in [5, 5.41) is 3.95. The Kier molecular flexibility index (Phi) is 5.27. The lowest BCUT2D eigenvalue weighted by Gasteiger charge is -2.39. The molecule has 6 heteroatoms. The Morgan fingerprint density at radius 2 is 1.89 bits per heavy atom. The molecule has 0 unspecified atom stereocenters. The van der Waals surface area contributed by atoms with Gasteiger partial charge in [-0.15, -0.1) is 0 Å². The fourth-order valence-corrected chi connectivity index (χ4v) is 4.28. The molecule has 1 amide bonds. The minimum Gasteiger partial charge on any atom is -0.381 e. The summed E-state index contributed by atoms with van der Waals surface area (Å²) in [6.07, 6.45) is 4.11. The van der Waals surface area contributed by atoms with Gasteiger partial charge >= 0.3 is 0 Å². The Bertz CT molecular complexity index is 878. The number of hydrogen-bond acceptors (Lipinski definition) is 4. The van der Waals surface area contributed by atoms with Crippen molar-refractivity contribution >= 4 is 16.8 Å². The summed E-state index contributed by atoms with van der Waals surface area (Å²) in [6.45, 7) is 5.71. The number of pyridine rings is 1. The molecule has 0 atom stereocenters. The van der Waals surface area contributed by atoms with E-state index >= 15 is 0 Å². The largest absolute Gasteiger partial charge is 0.381 e. The Morgan fingerprint density at radius 3 is 2.63 bits per heavy atom. The number of aryl methyl sites for hydroxylation is 1. The molecule has 0 saturated carbocycles. The van der Waals surface area contributed by atoms with Crippen LogP contribution < -0.4 is 10.9 Å². The number of nitrogens with zero attached hydrogens (tertiary/aromatic N) is 1. The Morgan fingerprint density at radius 1 is 1.15 bits per heavy atom. The van der Waals surface area contributed by atoms with E-state index in [1.54, 1.807) is 0 Å². The molecular formula is C21H27N3O3. The highest BCUT2D eigenvalue weighted by Crippen LogP contribution is 2.21. The first-order valence-electron chi connectivity index (χ1n) is 9.86. The number of amides is 1. The van der Waals surface area contributed by atoms with Gasteiger partial charge < -0.3 is 19.9 Å². The summed E-state index contributed by atoms with van der Waals surface area (Å²) in [5.74, 6) is -0.152. The minimum atomic E-state index is -0.245. The molecule has 27 heavy (non-hydrogen) atoms. The second-order valence-corrected chi connectivity index (χ2v) is 7.72. The molecule has 4 rings (SSSR count). The summed E-state index contributed by atoms with van der Waals surface area (Å²) < 4.78 is 5.45. The van der Waals surface area contributed by atoms with Crippen molar-refractivity contribution in [1.29, 1.82) is 0 Å². The molecule has 2 N–H and O–H groups in total. The third-order valence-corrected chi connectivity index (χ3v) is 5.82. The van der Waals surface area contributed by atoms with Crippen molar-refractivity contribution in [3.05, 3.63) is 45.7 Å². The molecule has 0 spiro atoms. The van der Waals surface area contributed by atoms with Gasteiger partial charge in [-0.05, 0) is 44.7 Å². The average Bonchev–Trinajstić information content (AvgIpc) is 2.69. The van der Waals surface area contributed by atoms with Crippen LogP contribution in [0.3, 0.4) is 0 Å². The number of aromatic nitrogens is 1. The number of ether oxygens (including phenoxy) is 1. The van der Waals surface area contributed by atoms with Gasteiger partial charge in [-0.2, -0.15) is 0 Å². The van der Waals surface area contributed by atoms with Crippen molar-refractivity contribution in [3.8, 4) is 0 Å². The Balaban J connectivity index is 1.43. The lowest BCUT2D eigenvalue weighted by Crippen LogP contribution is -2.49. The van der Waals surface area contributed by atoms with E-state index in [2.05, 4.69) is 15.2 Å². The molecule has 3 heterocycles. The lowest BCUT2D eigenvalue weighted by molar-refractivity contribution is 0.0239. The molecule has 6 nitrogen and oxygen atoms in total. The highest BCUT2D eigenvalue weighted by atomic mass is 16.5. The van der Waals surface area contributed by atoms with E-state index < -0.39 is 0 Å². The Hall–Kier alpha value is -2.18. The smallest absolute Gasteiger partial charge is 0.252 e. The zero-order chi connectivity index (χ0) is 18.8. The van der Waals surface area contributed by atoms with Crippen molar-refractivity contribution in [2.24, 2.45) is 0 Å². The van der Waals surface area contributed by atoms with E-state index in [0.29, 0.717) is 17.1 Å². The fourth-order valence-electron chi connectivity index (χ4n) is 4.28. The van der Waals surface area contributed by atoms with E-state index in [4.69, 9.17) is 4.74 Å².